The molecule has 23 heavy (non-hydrogen) atoms. The summed E-state index contributed by atoms with van der Waals surface area (Å²) in [6.45, 7) is 6.35. The molecule has 1 aliphatic rings. The van der Waals surface area contributed by atoms with Gasteiger partial charge in [-0.2, -0.15) is 0 Å². The van der Waals surface area contributed by atoms with E-state index in [0.29, 0.717) is 18.9 Å². The van der Waals surface area contributed by atoms with Gasteiger partial charge in [-0.3, -0.25) is 4.79 Å². The van der Waals surface area contributed by atoms with Crippen molar-refractivity contribution in [2.45, 2.75) is 45.3 Å². The van der Waals surface area contributed by atoms with Crippen molar-refractivity contribution in [2.75, 3.05) is 19.7 Å². The monoisotopic (exact) mass is 338 g/mol. The molecule has 0 bridgehead atoms. The number of amides is 1. The van der Waals surface area contributed by atoms with Crippen molar-refractivity contribution >= 4 is 17.5 Å². The Morgan fingerprint density at radius 1 is 1.48 bits per heavy atom. The van der Waals surface area contributed by atoms with Crippen molar-refractivity contribution in [3.63, 3.8) is 0 Å². The van der Waals surface area contributed by atoms with E-state index < -0.39 is 0 Å². The first-order valence-electron chi connectivity index (χ1n) is 8.43. The lowest BCUT2D eigenvalue weighted by Gasteiger charge is -2.31. The maximum Gasteiger partial charge on any atom is 0.222 e. The number of carbonyl (C=O) groups excluding carboxylic acids is 1. The molecule has 0 aromatic heterocycles. The van der Waals surface area contributed by atoms with E-state index in [0.717, 1.165) is 36.5 Å². The SMILES string of the molecule is CC(C)NC(=O)CCOC(c1cccc(Cl)c1)C1CCCNC1. The highest BCUT2D eigenvalue weighted by molar-refractivity contribution is 6.30. The van der Waals surface area contributed by atoms with Crippen molar-refractivity contribution in [3.8, 4) is 0 Å². The molecule has 2 rings (SSSR count). The largest absolute Gasteiger partial charge is 0.373 e. The molecule has 2 N–H and O–H groups in total. The van der Waals surface area contributed by atoms with Gasteiger partial charge in [-0.1, -0.05) is 23.7 Å². The first-order chi connectivity index (χ1) is 11.1. The number of halogens is 1. The molecule has 1 saturated heterocycles. The molecule has 128 valence electrons. The molecule has 1 amide bonds. The Bertz CT molecular complexity index is 502. The molecule has 1 aromatic carbocycles. The molecule has 1 fully saturated rings. The number of hydrogen-bond donors (Lipinski definition) is 2. The van der Waals surface area contributed by atoms with Crippen molar-refractivity contribution < 1.29 is 9.53 Å². The molecule has 1 aromatic rings. The molecule has 2 atom stereocenters. The minimum Gasteiger partial charge on any atom is -0.373 e. The number of hydrogen-bond acceptors (Lipinski definition) is 3. The van der Waals surface area contributed by atoms with E-state index >= 15 is 0 Å². The lowest BCUT2D eigenvalue weighted by Crippen LogP contribution is -2.35. The Morgan fingerprint density at radius 2 is 2.30 bits per heavy atom. The van der Waals surface area contributed by atoms with Crippen LogP contribution in [0, 0.1) is 5.92 Å². The van der Waals surface area contributed by atoms with E-state index in [1.165, 1.54) is 0 Å². The van der Waals surface area contributed by atoms with Crippen LogP contribution in [0.5, 0.6) is 0 Å². The van der Waals surface area contributed by atoms with Gasteiger partial charge in [0, 0.05) is 29.9 Å². The van der Waals surface area contributed by atoms with Crippen LogP contribution in [0.25, 0.3) is 0 Å². The molecule has 5 heteroatoms. The Hall–Kier alpha value is -1.10. The number of piperidine rings is 1. The summed E-state index contributed by atoms with van der Waals surface area (Å²) in [4.78, 5) is 11.8. The first-order valence-corrected chi connectivity index (χ1v) is 8.81. The van der Waals surface area contributed by atoms with Crippen LogP contribution in [0.4, 0.5) is 0 Å². The predicted molar refractivity (Wildman–Crippen MR) is 93.6 cm³/mol. The van der Waals surface area contributed by atoms with Gasteiger partial charge < -0.3 is 15.4 Å². The van der Waals surface area contributed by atoms with Crippen LogP contribution < -0.4 is 10.6 Å². The van der Waals surface area contributed by atoms with E-state index in [9.17, 15) is 4.79 Å². The van der Waals surface area contributed by atoms with Crippen LogP contribution in [0.3, 0.4) is 0 Å². The second kappa shape index (κ2) is 9.26. The van der Waals surface area contributed by atoms with Crippen LogP contribution in [0.2, 0.25) is 5.02 Å². The first kappa shape index (κ1) is 18.2. The van der Waals surface area contributed by atoms with Gasteiger partial charge >= 0.3 is 0 Å². The average Bonchev–Trinajstić information content (AvgIpc) is 2.51. The summed E-state index contributed by atoms with van der Waals surface area (Å²) in [6, 6.07) is 8.01. The summed E-state index contributed by atoms with van der Waals surface area (Å²) in [6.07, 6.45) is 2.64. The van der Waals surface area contributed by atoms with Gasteiger partial charge in [0.25, 0.3) is 0 Å². The molecule has 4 nitrogen and oxygen atoms in total. The van der Waals surface area contributed by atoms with Crippen molar-refractivity contribution in [1.82, 2.24) is 10.6 Å². The van der Waals surface area contributed by atoms with Gasteiger partial charge in [0.15, 0.2) is 0 Å². The lowest BCUT2D eigenvalue weighted by molar-refractivity contribution is -0.123. The Morgan fingerprint density at radius 3 is 2.96 bits per heavy atom. The number of carbonyl (C=O) groups is 1. The van der Waals surface area contributed by atoms with Crippen molar-refractivity contribution in [1.29, 1.82) is 0 Å². The third-order valence-electron chi connectivity index (χ3n) is 4.02. The fraction of sp³-hybridized carbons (Fsp3) is 0.611. The minimum atomic E-state index is -0.0200. The van der Waals surface area contributed by atoms with Crippen molar-refractivity contribution in [2.24, 2.45) is 5.92 Å². The topological polar surface area (TPSA) is 50.4 Å². The second-order valence-electron chi connectivity index (χ2n) is 6.43. The van der Waals surface area contributed by atoms with Crippen molar-refractivity contribution in [3.05, 3.63) is 34.9 Å². The lowest BCUT2D eigenvalue weighted by atomic mass is 9.89. The third kappa shape index (κ3) is 6.13. The highest BCUT2D eigenvalue weighted by Gasteiger charge is 2.26. The second-order valence-corrected chi connectivity index (χ2v) is 6.86. The molecule has 0 spiro atoms. The quantitative estimate of drug-likeness (QED) is 0.802. The van der Waals surface area contributed by atoms with E-state index in [2.05, 4.69) is 16.7 Å². The number of ether oxygens (including phenoxy) is 1. The molecular weight excluding hydrogens is 312 g/mol. The normalized spacial score (nSPS) is 19.6. The molecule has 0 saturated carbocycles. The highest BCUT2D eigenvalue weighted by atomic mass is 35.5. The van der Waals surface area contributed by atoms with Gasteiger partial charge in [0.05, 0.1) is 12.7 Å². The molecular formula is C18H27ClN2O2. The fourth-order valence-corrected chi connectivity index (χ4v) is 3.20. The average molecular weight is 339 g/mol. The summed E-state index contributed by atoms with van der Waals surface area (Å²) < 4.78 is 6.12. The Kier molecular flexibility index (Phi) is 7.34. The molecule has 0 aliphatic carbocycles. The van der Waals surface area contributed by atoms with Gasteiger partial charge in [-0.15, -0.1) is 0 Å². The summed E-state index contributed by atoms with van der Waals surface area (Å²) in [5.74, 6) is 0.446. The van der Waals surface area contributed by atoms with Crippen LogP contribution in [0.1, 0.15) is 44.8 Å². The number of benzene rings is 1. The Balaban J connectivity index is 1.97. The molecule has 1 heterocycles. The van der Waals surface area contributed by atoms with Gasteiger partial charge in [-0.25, -0.2) is 0 Å². The maximum absolute atomic E-state index is 11.8. The zero-order chi connectivity index (χ0) is 16.7. The summed E-state index contributed by atoms with van der Waals surface area (Å²) in [7, 11) is 0. The van der Waals surface area contributed by atoms with Crippen LogP contribution in [0.15, 0.2) is 24.3 Å². The van der Waals surface area contributed by atoms with E-state index in [1.54, 1.807) is 0 Å². The van der Waals surface area contributed by atoms with E-state index in [-0.39, 0.29) is 18.1 Å². The number of nitrogens with one attached hydrogen (secondary N) is 2. The van der Waals surface area contributed by atoms with E-state index in [4.69, 9.17) is 16.3 Å². The maximum atomic E-state index is 11.8. The summed E-state index contributed by atoms with van der Waals surface area (Å²) in [5, 5.41) is 7.05. The van der Waals surface area contributed by atoms with Gasteiger partial charge in [0.1, 0.15) is 0 Å². The van der Waals surface area contributed by atoms with Gasteiger partial charge in [0.2, 0.25) is 5.91 Å². The van der Waals surface area contributed by atoms with Crippen LogP contribution in [-0.4, -0.2) is 31.6 Å². The highest BCUT2D eigenvalue weighted by Crippen LogP contribution is 2.32. The standard InChI is InChI=1S/C18H27ClN2O2/c1-13(2)21-17(22)8-10-23-18(15-6-4-9-20-12-15)14-5-3-7-16(19)11-14/h3,5,7,11,13,15,18,20H,4,6,8-10,12H2,1-2H3,(H,21,22). The van der Waals surface area contributed by atoms with Crippen LogP contribution in [-0.2, 0) is 9.53 Å². The Labute approximate surface area is 143 Å². The fourth-order valence-electron chi connectivity index (χ4n) is 3.00. The smallest absolute Gasteiger partial charge is 0.222 e. The minimum absolute atomic E-state index is 0.0200. The molecule has 2 unspecified atom stereocenters. The summed E-state index contributed by atoms with van der Waals surface area (Å²) >= 11 is 6.13. The van der Waals surface area contributed by atoms with Gasteiger partial charge in [-0.05, 0) is 50.9 Å². The molecule has 0 radical (unpaired) electrons. The zero-order valence-electron chi connectivity index (χ0n) is 14.0. The summed E-state index contributed by atoms with van der Waals surface area (Å²) in [5.41, 5.74) is 1.09. The number of rotatable bonds is 7. The molecule has 1 aliphatic heterocycles. The van der Waals surface area contributed by atoms with Crippen LogP contribution >= 0.6 is 11.6 Å². The third-order valence-corrected chi connectivity index (χ3v) is 4.25. The van der Waals surface area contributed by atoms with E-state index in [1.807, 2.05) is 32.0 Å². The predicted octanol–water partition coefficient (Wildman–Crippen LogP) is 3.31. The zero-order valence-corrected chi connectivity index (χ0v) is 14.7.